The predicted octanol–water partition coefficient (Wildman–Crippen LogP) is 4.37. The number of fused-ring (bicyclic) bond motifs is 1. The van der Waals surface area contributed by atoms with E-state index in [-0.39, 0.29) is 17.2 Å². The van der Waals surface area contributed by atoms with Crippen LogP contribution in [-0.4, -0.2) is 27.6 Å². The summed E-state index contributed by atoms with van der Waals surface area (Å²) in [5.74, 6) is -0.259. The highest BCUT2D eigenvalue weighted by molar-refractivity contribution is 7.16. The number of hydrogen-bond donors (Lipinski definition) is 0. The maximum absolute atomic E-state index is 13.2. The number of carbonyl (C=O) groups excluding carboxylic acids is 1. The van der Waals surface area contributed by atoms with Crippen LogP contribution in [0.25, 0.3) is 16.5 Å². The van der Waals surface area contributed by atoms with Gasteiger partial charge in [0.2, 0.25) is 0 Å². The van der Waals surface area contributed by atoms with Crippen molar-refractivity contribution in [1.29, 1.82) is 0 Å². The average Bonchev–Trinajstić information content (AvgIpc) is 3.13. The van der Waals surface area contributed by atoms with Gasteiger partial charge in [0, 0.05) is 17.3 Å². The van der Waals surface area contributed by atoms with Gasteiger partial charge in [-0.3, -0.25) is 9.59 Å². The summed E-state index contributed by atoms with van der Waals surface area (Å²) in [4.78, 5) is 28.7. The number of aromatic nitrogens is 2. The first-order valence-electron chi connectivity index (χ1n) is 8.62. The molecule has 2 aromatic heterocycles. The van der Waals surface area contributed by atoms with Gasteiger partial charge in [-0.05, 0) is 30.3 Å². The van der Waals surface area contributed by atoms with Gasteiger partial charge in [-0.25, -0.2) is 0 Å². The van der Waals surface area contributed by atoms with E-state index in [0.717, 1.165) is 4.88 Å². The Bertz CT molecular complexity index is 1220. The van der Waals surface area contributed by atoms with Crippen molar-refractivity contribution in [2.24, 2.45) is 0 Å². The minimum atomic E-state index is -0.259. The highest BCUT2D eigenvalue weighted by Gasteiger charge is 2.21. The van der Waals surface area contributed by atoms with E-state index in [1.54, 1.807) is 48.3 Å². The molecule has 4 rings (SSSR count). The molecule has 0 aliphatic rings. The lowest BCUT2D eigenvalue weighted by Gasteiger charge is -2.18. The van der Waals surface area contributed by atoms with E-state index < -0.39 is 0 Å². The Morgan fingerprint density at radius 1 is 1.04 bits per heavy atom. The van der Waals surface area contributed by atoms with Crippen LogP contribution < -0.4 is 5.56 Å². The second-order valence-corrected chi connectivity index (χ2v) is 8.11. The monoisotopic (exact) mass is 409 g/mol. The third-order valence-corrected chi connectivity index (χ3v) is 5.59. The fourth-order valence-corrected chi connectivity index (χ4v) is 4.16. The van der Waals surface area contributed by atoms with Crippen LogP contribution in [0.4, 0.5) is 0 Å². The lowest BCUT2D eigenvalue weighted by Crippen LogP contribution is -2.31. The molecule has 0 aliphatic carbocycles. The molecule has 7 heteroatoms. The Morgan fingerprint density at radius 2 is 1.71 bits per heavy atom. The van der Waals surface area contributed by atoms with Crippen molar-refractivity contribution < 1.29 is 4.79 Å². The molecule has 0 radical (unpaired) electrons. The largest absolute Gasteiger partial charge is 0.335 e. The molecule has 0 unspecified atom stereocenters. The van der Waals surface area contributed by atoms with Crippen LogP contribution in [0, 0.1) is 0 Å². The number of para-hydroxylation sites is 1. The number of hydrogen-bond acceptors (Lipinski definition) is 4. The zero-order valence-corrected chi connectivity index (χ0v) is 16.6. The normalized spacial score (nSPS) is 10.9. The molecule has 5 nitrogen and oxygen atoms in total. The topological polar surface area (TPSA) is 55.2 Å². The Balaban J connectivity index is 1.82. The number of nitrogens with zero attached hydrogens (tertiary/aromatic N) is 3. The lowest BCUT2D eigenvalue weighted by molar-refractivity contribution is 0.0781. The van der Waals surface area contributed by atoms with Crippen LogP contribution in [-0.2, 0) is 6.54 Å². The van der Waals surface area contributed by atoms with Gasteiger partial charge in [0.15, 0.2) is 5.69 Å². The van der Waals surface area contributed by atoms with Crippen molar-refractivity contribution in [1.82, 2.24) is 14.7 Å². The molecule has 0 N–H and O–H groups in total. The van der Waals surface area contributed by atoms with E-state index in [2.05, 4.69) is 5.10 Å². The Labute approximate surface area is 170 Å². The van der Waals surface area contributed by atoms with E-state index in [0.29, 0.717) is 27.3 Å². The molecule has 1 amide bonds. The SMILES string of the molecule is CN(Cc1ccc(Cl)s1)C(=O)c1nn(-c2ccccc2)c(=O)c2ccccc12. The number of amides is 1. The average molecular weight is 410 g/mol. The summed E-state index contributed by atoms with van der Waals surface area (Å²) in [5.41, 5.74) is 0.593. The van der Waals surface area contributed by atoms with Gasteiger partial charge < -0.3 is 4.90 Å². The molecule has 0 spiro atoms. The molecule has 0 atom stereocenters. The number of halogens is 1. The van der Waals surface area contributed by atoms with Crippen LogP contribution in [0.2, 0.25) is 4.34 Å². The zero-order chi connectivity index (χ0) is 19.7. The minimum Gasteiger partial charge on any atom is -0.335 e. The third kappa shape index (κ3) is 3.44. The van der Waals surface area contributed by atoms with Gasteiger partial charge in [0.25, 0.3) is 11.5 Å². The maximum atomic E-state index is 13.2. The van der Waals surface area contributed by atoms with E-state index >= 15 is 0 Å². The summed E-state index contributed by atoms with van der Waals surface area (Å²) in [6.07, 6.45) is 0. The standard InChI is InChI=1S/C21H16ClN3O2S/c1-24(13-15-11-12-18(22)28-15)21(27)19-16-9-5-6-10-17(16)20(26)25(23-19)14-7-3-2-4-8-14/h2-12H,13H2,1H3. The van der Waals surface area contributed by atoms with Crippen LogP contribution in [0.15, 0.2) is 71.5 Å². The minimum absolute atomic E-state index is 0.240. The first-order chi connectivity index (χ1) is 13.5. The van der Waals surface area contributed by atoms with Gasteiger partial charge in [-0.15, -0.1) is 11.3 Å². The first kappa shape index (κ1) is 18.4. The number of benzene rings is 2. The highest BCUT2D eigenvalue weighted by Crippen LogP contribution is 2.23. The molecule has 2 aromatic carbocycles. The van der Waals surface area contributed by atoms with Crippen molar-refractivity contribution in [2.45, 2.75) is 6.54 Å². The van der Waals surface area contributed by atoms with E-state index in [1.165, 1.54) is 16.0 Å². The zero-order valence-electron chi connectivity index (χ0n) is 15.0. The highest BCUT2D eigenvalue weighted by atomic mass is 35.5. The molecule has 0 aliphatic heterocycles. The number of rotatable bonds is 4. The molecule has 28 heavy (non-hydrogen) atoms. The number of thiophene rings is 1. The molecular weight excluding hydrogens is 394 g/mol. The molecule has 2 heterocycles. The summed E-state index contributed by atoms with van der Waals surface area (Å²) in [5, 5.41) is 5.43. The van der Waals surface area contributed by atoms with Crippen molar-refractivity contribution in [3.63, 3.8) is 0 Å². The summed E-state index contributed by atoms with van der Waals surface area (Å²) in [6.45, 7) is 0.413. The fourth-order valence-electron chi connectivity index (χ4n) is 3.01. The fraction of sp³-hybridized carbons (Fsp3) is 0.0952. The molecule has 0 saturated carbocycles. The Morgan fingerprint density at radius 3 is 2.39 bits per heavy atom. The molecule has 0 fully saturated rings. The summed E-state index contributed by atoms with van der Waals surface area (Å²) in [6, 6.07) is 19.8. The van der Waals surface area contributed by atoms with Gasteiger partial charge in [0.1, 0.15) is 0 Å². The predicted molar refractivity (Wildman–Crippen MR) is 112 cm³/mol. The second kappa shape index (κ2) is 7.58. The maximum Gasteiger partial charge on any atom is 0.279 e. The molecule has 0 bridgehead atoms. The Kier molecular flexibility index (Phi) is 4.98. The van der Waals surface area contributed by atoms with Gasteiger partial charge in [-0.2, -0.15) is 9.78 Å². The summed E-state index contributed by atoms with van der Waals surface area (Å²) < 4.78 is 1.96. The quantitative estimate of drug-likeness (QED) is 0.502. The van der Waals surface area contributed by atoms with Crippen LogP contribution in [0.5, 0.6) is 0 Å². The Hall–Kier alpha value is -2.96. The smallest absolute Gasteiger partial charge is 0.279 e. The summed E-state index contributed by atoms with van der Waals surface area (Å²) >= 11 is 7.42. The van der Waals surface area contributed by atoms with Gasteiger partial charge >= 0.3 is 0 Å². The van der Waals surface area contributed by atoms with E-state index in [4.69, 9.17) is 11.6 Å². The van der Waals surface area contributed by atoms with Gasteiger partial charge in [-0.1, -0.05) is 48.0 Å². The third-order valence-electron chi connectivity index (χ3n) is 4.38. The number of carbonyl (C=O) groups is 1. The molecule has 140 valence electrons. The molecule has 4 aromatic rings. The van der Waals surface area contributed by atoms with Crippen LogP contribution >= 0.6 is 22.9 Å². The van der Waals surface area contributed by atoms with Crippen molar-refractivity contribution in [3.05, 3.63) is 92.0 Å². The van der Waals surface area contributed by atoms with Crippen molar-refractivity contribution in [2.75, 3.05) is 7.05 Å². The lowest BCUT2D eigenvalue weighted by atomic mass is 10.1. The second-order valence-electron chi connectivity index (χ2n) is 6.31. The van der Waals surface area contributed by atoms with Crippen molar-refractivity contribution in [3.8, 4) is 5.69 Å². The van der Waals surface area contributed by atoms with Crippen LogP contribution in [0.3, 0.4) is 0 Å². The van der Waals surface area contributed by atoms with Gasteiger partial charge in [0.05, 0.1) is 22.0 Å². The molecule has 0 saturated heterocycles. The molecular formula is C21H16ClN3O2S. The van der Waals surface area contributed by atoms with E-state index in [1.807, 2.05) is 30.3 Å². The van der Waals surface area contributed by atoms with Crippen molar-refractivity contribution >= 4 is 39.6 Å². The van der Waals surface area contributed by atoms with Crippen LogP contribution in [0.1, 0.15) is 15.4 Å². The van der Waals surface area contributed by atoms with E-state index in [9.17, 15) is 9.59 Å². The first-order valence-corrected chi connectivity index (χ1v) is 9.81. The summed E-state index contributed by atoms with van der Waals surface area (Å²) in [7, 11) is 1.71.